The number of carbonyl (C=O) groups is 1. The van der Waals surface area contributed by atoms with E-state index in [9.17, 15) is 4.79 Å². The summed E-state index contributed by atoms with van der Waals surface area (Å²) in [6, 6.07) is 0.326. The Hall–Kier alpha value is -0.320. The molecule has 90 valence electrons. The molecule has 1 fully saturated rings. The molecule has 0 aromatic carbocycles. The summed E-state index contributed by atoms with van der Waals surface area (Å²) in [7, 11) is 0. The molecule has 0 spiro atoms. The third-order valence-electron chi connectivity index (χ3n) is 2.47. The number of halogens is 1. The third-order valence-corrected chi connectivity index (χ3v) is 2.47. The highest BCUT2D eigenvalue weighted by Gasteiger charge is 2.19. The van der Waals surface area contributed by atoms with Crippen molar-refractivity contribution in [3.63, 3.8) is 0 Å². The summed E-state index contributed by atoms with van der Waals surface area (Å²) in [4.78, 5) is 11.5. The van der Waals surface area contributed by atoms with E-state index in [2.05, 4.69) is 10.6 Å². The molecule has 4 nitrogen and oxygen atoms in total. The SMILES string of the molecule is CCOC(C)C(=O)NC1CCNCC1.Cl. The van der Waals surface area contributed by atoms with E-state index >= 15 is 0 Å². The van der Waals surface area contributed by atoms with Gasteiger partial charge in [0.05, 0.1) is 0 Å². The van der Waals surface area contributed by atoms with Crippen LogP contribution in [0.2, 0.25) is 0 Å². The summed E-state index contributed by atoms with van der Waals surface area (Å²) in [6.45, 7) is 6.26. The first kappa shape index (κ1) is 14.7. The molecule has 1 aliphatic heterocycles. The molecule has 0 saturated carbocycles. The van der Waals surface area contributed by atoms with Crippen molar-refractivity contribution >= 4 is 18.3 Å². The predicted molar refractivity (Wildman–Crippen MR) is 62.4 cm³/mol. The molecule has 15 heavy (non-hydrogen) atoms. The lowest BCUT2D eigenvalue weighted by Crippen LogP contribution is -2.46. The molecule has 0 aromatic heterocycles. The molecular formula is C10H21ClN2O2. The second kappa shape index (κ2) is 7.91. The van der Waals surface area contributed by atoms with E-state index in [-0.39, 0.29) is 24.4 Å². The highest BCUT2D eigenvalue weighted by atomic mass is 35.5. The fourth-order valence-corrected chi connectivity index (χ4v) is 1.61. The molecule has 1 heterocycles. The standard InChI is InChI=1S/C10H20N2O2.ClH/c1-3-14-8(2)10(13)12-9-4-6-11-7-5-9;/h8-9,11H,3-7H2,1-2H3,(H,12,13);1H. The molecule has 1 atom stereocenters. The van der Waals surface area contributed by atoms with E-state index in [0.717, 1.165) is 25.9 Å². The van der Waals surface area contributed by atoms with Crippen molar-refractivity contribution in [2.45, 2.75) is 38.8 Å². The lowest BCUT2D eigenvalue weighted by atomic mass is 10.1. The van der Waals surface area contributed by atoms with Gasteiger partial charge in [-0.15, -0.1) is 12.4 Å². The monoisotopic (exact) mass is 236 g/mol. The normalized spacial score (nSPS) is 19.1. The molecule has 0 aromatic rings. The molecule has 0 aliphatic carbocycles. The van der Waals surface area contributed by atoms with E-state index in [1.165, 1.54) is 0 Å². The summed E-state index contributed by atoms with van der Waals surface area (Å²) in [5.74, 6) is 0.0127. The number of ether oxygens (including phenoxy) is 1. The number of rotatable bonds is 4. The second-order valence-corrected chi connectivity index (χ2v) is 3.63. The first-order chi connectivity index (χ1) is 6.74. The number of amides is 1. The van der Waals surface area contributed by atoms with Gasteiger partial charge >= 0.3 is 0 Å². The van der Waals surface area contributed by atoms with Gasteiger partial charge in [-0.25, -0.2) is 0 Å². The second-order valence-electron chi connectivity index (χ2n) is 3.63. The van der Waals surface area contributed by atoms with E-state index in [0.29, 0.717) is 12.6 Å². The maximum atomic E-state index is 11.5. The number of hydrogen-bond acceptors (Lipinski definition) is 3. The fourth-order valence-electron chi connectivity index (χ4n) is 1.61. The molecular weight excluding hydrogens is 216 g/mol. The Kier molecular flexibility index (Phi) is 7.74. The lowest BCUT2D eigenvalue weighted by molar-refractivity contribution is -0.132. The minimum atomic E-state index is -0.324. The van der Waals surface area contributed by atoms with E-state index in [1.54, 1.807) is 6.92 Å². The highest BCUT2D eigenvalue weighted by molar-refractivity contribution is 5.85. The molecule has 1 aliphatic rings. The van der Waals surface area contributed by atoms with Gasteiger partial charge in [0.1, 0.15) is 6.10 Å². The molecule has 1 rings (SSSR count). The van der Waals surface area contributed by atoms with Crippen LogP contribution in [0.1, 0.15) is 26.7 Å². The summed E-state index contributed by atoms with van der Waals surface area (Å²) < 4.78 is 5.22. The van der Waals surface area contributed by atoms with Crippen molar-refractivity contribution in [3.8, 4) is 0 Å². The number of carbonyl (C=O) groups excluding carboxylic acids is 1. The van der Waals surface area contributed by atoms with Crippen molar-refractivity contribution in [1.29, 1.82) is 0 Å². The molecule has 0 radical (unpaired) electrons. The molecule has 1 saturated heterocycles. The topological polar surface area (TPSA) is 50.4 Å². The zero-order chi connectivity index (χ0) is 10.4. The van der Waals surface area contributed by atoms with Gasteiger partial charge in [-0.3, -0.25) is 4.79 Å². The Morgan fingerprint density at radius 1 is 1.53 bits per heavy atom. The van der Waals surface area contributed by atoms with Crippen molar-refractivity contribution in [2.75, 3.05) is 19.7 Å². The average molecular weight is 237 g/mol. The van der Waals surface area contributed by atoms with Crippen molar-refractivity contribution in [2.24, 2.45) is 0 Å². The quantitative estimate of drug-likeness (QED) is 0.756. The van der Waals surface area contributed by atoms with Gasteiger partial charge in [-0.1, -0.05) is 0 Å². The van der Waals surface area contributed by atoms with Crippen LogP contribution in [0, 0.1) is 0 Å². The van der Waals surface area contributed by atoms with Gasteiger partial charge in [0.2, 0.25) is 5.91 Å². The molecule has 5 heteroatoms. The van der Waals surface area contributed by atoms with Gasteiger partial charge in [-0.05, 0) is 39.8 Å². The first-order valence-corrected chi connectivity index (χ1v) is 5.36. The van der Waals surface area contributed by atoms with E-state index < -0.39 is 0 Å². The number of hydrogen-bond donors (Lipinski definition) is 2. The summed E-state index contributed by atoms with van der Waals surface area (Å²) in [5.41, 5.74) is 0. The Morgan fingerprint density at radius 2 is 2.13 bits per heavy atom. The third kappa shape index (κ3) is 5.35. The predicted octanol–water partition coefficient (Wildman–Crippen LogP) is 0.701. The summed E-state index contributed by atoms with van der Waals surface area (Å²) in [5, 5.41) is 6.26. The highest BCUT2D eigenvalue weighted by Crippen LogP contribution is 2.02. The van der Waals surface area contributed by atoms with Crippen LogP contribution in [0.4, 0.5) is 0 Å². The van der Waals surface area contributed by atoms with Crippen LogP contribution in [-0.2, 0) is 9.53 Å². The van der Waals surface area contributed by atoms with Crippen LogP contribution < -0.4 is 10.6 Å². The molecule has 2 N–H and O–H groups in total. The van der Waals surface area contributed by atoms with Gasteiger partial charge in [-0.2, -0.15) is 0 Å². The maximum Gasteiger partial charge on any atom is 0.249 e. The van der Waals surface area contributed by atoms with E-state index in [4.69, 9.17) is 4.74 Å². The van der Waals surface area contributed by atoms with Crippen LogP contribution in [-0.4, -0.2) is 37.7 Å². The maximum absolute atomic E-state index is 11.5. The van der Waals surface area contributed by atoms with Gasteiger partial charge < -0.3 is 15.4 Å². The van der Waals surface area contributed by atoms with E-state index in [1.807, 2.05) is 6.92 Å². The first-order valence-electron chi connectivity index (χ1n) is 5.36. The van der Waals surface area contributed by atoms with Crippen LogP contribution in [0.25, 0.3) is 0 Å². The van der Waals surface area contributed by atoms with Crippen molar-refractivity contribution in [3.05, 3.63) is 0 Å². The van der Waals surface area contributed by atoms with Gasteiger partial charge in [0, 0.05) is 12.6 Å². The van der Waals surface area contributed by atoms with Crippen molar-refractivity contribution in [1.82, 2.24) is 10.6 Å². The number of nitrogens with one attached hydrogen (secondary N) is 2. The number of piperidine rings is 1. The minimum Gasteiger partial charge on any atom is -0.369 e. The fraction of sp³-hybridized carbons (Fsp3) is 0.900. The molecule has 1 unspecified atom stereocenters. The Morgan fingerprint density at radius 3 is 2.67 bits per heavy atom. The Balaban J connectivity index is 0.00000196. The molecule has 0 bridgehead atoms. The summed E-state index contributed by atoms with van der Waals surface area (Å²) in [6.07, 6.45) is 1.71. The Bertz CT molecular complexity index is 184. The minimum absolute atomic E-state index is 0. The zero-order valence-electron chi connectivity index (χ0n) is 9.41. The summed E-state index contributed by atoms with van der Waals surface area (Å²) >= 11 is 0. The average Bonchev–Trinajstić information content (AvgIpc) is 2.19. The van der Waals surface area contributed by atoms with Crippen molar-refractivity contribution < 1.29 is 9.53 Å². The smallest absolute Gasteiger partial charge is 0.249 e. The van der Waals surface area contributed by atoms with Crippen LogP contribution in [0.15, 0.2) is 0 Å². The lowest BCUT2D eigenvalue weighted by Gasteiger charge is -2.25. The molecule has 1 amide bonds. The van der Waals surface area contributed by atoms with Crippen LogP contribution in [0.3, 0.4) is 0 Å². The van der Waals surface area contributed by atoms with Gasteiger partial charge in [0.15, 0.2) is 0 Å². The Labute approximate surface area is 97.5 Å². The zero-order valence-corrected chi connectivity index (χ0v) is 10.2. The largest absolute Gasteiger partial charge is 0.369 e. The van der Waals surface area contributed by atoms with Gasteiger partial charge in [0.25, 0.3) is 0 Å². The van der Waals surface area contributed by atoms with Crippen LogP contribution in [0.5, 0.6) is 0 Å². The van der Waals surface area contributed by atoms with Crippen LogP contribution >= 0.6 is 12.4 Å².